The molecule has 0 unspecified atom stereocenters. The van der Waals surface area contributed by atoms with Crippen LogP contribution in [0.25, 0.3) is 0 Å². The minimum Gasteiger partial charge on any atom is -0.494 e. The molecule has 1 rings (SSSR count). The van der Waals surface area contributed by atoms with Gasteiger partial charge in [-0.05, 0) is 50.7 Å². The van der Waals surface area contributed by atoms with Gasteiger partial charge in [0.15, 0.2) is 0 Å². The van der Waals surface area contributed by atoms with Crippen LogP contribution in [0.2, 0.25) is 5.02 Å². The molecule has 0 aliphatic carbocycles. The molecule has 1 aromatic rings. The summed E-state index contributed by atoms with van der Waals surface area (Å²) in [7, 11) is 1.99. The Bertz CT molecular complexity index is 274. The van der Waals surface area contributed by atoms with Crippen molar-refractivity contribution < 1.29 is 4.74 Å². The van der Waals surface area contributed by atoms with Crippen molar-refractivity contribution >= 4 is 11.6 Å². The molecule has 1 N–H and O–H groups in total. The summed E-state index contributed by atoms with van der Waals surface area (Å²) < 4.78 is 5.59. The fourth-order valence-corrected chi connectivity index (χ4v) is 1.60. The number of hydrogen-bond donors (Lipinski definition) is 1. The van der Waals surface area contributed by atoms with Crippen molar-refractivity contribution in [3.8, 4) is 5.75 Å². The minimum absolute atomic E-state index is 0.749. The quantitative estimate of drug-likeness (QED) is 0.704. The van der Waals surface area contributed by atoms with Gasteiger partial charge in [-0.1, -0.05) is 24.4 Å². The SMILES string of the molecule is CNCCCCCCOc1ccc(Cl)cc1. The molecule has 16 heavy (non-hydrogen) atoms. The van der Waals surface area contributed by atoms with Crippen LogP contribution < -0.4 is 10.1 Å². The van der Waals surface area contributed by atoms with Crippen LogP contribution in [0.4, 0.5) is 0 Å². The van der Waals surface area contributed by atoms with E-state index in [-0.39, 0.29) is 0 Å². The van der Waals surface area contributed by atoms with Gasteiger partial charge in [0.25, 0.3) is 0 Å². The number of nitrogens with one attached hydrogen (secondary N) is 1. The number of unbranched alkanes of at least 4 members (excludes halogenated alkanes) is 3. The lowest BCUT2D eigenvalue weighted by molar-refractivity contribution is 0.304. The fourth-order valence-electron chi connectivity index (χ4n) is 1.48. The average Bonchev–Trinajstić information content (AvgIpc) is 2.30. The lowest BCUT2D eigenvalue weighted by atomic mass is 10.2. The molecule has 0 saturated heterocycles. The van der Waals surface area contributed by atoms with E-state index < -0.39 is 0 Å². The van der Waals surface area contributed by atoms with E-state index in [0.717, 1.165) is 30.3 Å². The second-order valence-corrected chi connectivity index (χ2v) is 4.26. The molecule has 0 radical (unpaired) electrons. The number of halogens is 1. The summed E-state index contributed by atoms with van der Waals surface area (Å²) in [5.41, 5.74) is 0. The first-order chi connectivity index (χ1) is 7.83. The van der Waals surface area contributed by atoms with Crippen LogP contribution in [0.15, 0.2) is 24.3 Å². The zero-order chi connectivity index (χ0) is 11.6. The van der Waals surface area contributed by atoms with Crippen LogP contribution in [0.5, 0.6) is 5.75 Å². The molecule has 90 valence electrons. The van der Waals surface area contributed by atoms with Crippen molar-refractivity contribution in [3.05, 3.63) is 29.3 Å². The summed E-state index contributed by atoms with van der Waals surface area (Å²) in [6.07, 6.45) is 4.86. The third kappa shape index (κ3) is 5.99. The standard InChI is InChI=1S/C13H20ClNO/c1-15-10-4-2-3-5-11-16-13-8-6-12(14)7-9-13/h6-9,15H,2-5,10-11H2,1H3. The number of ether oxygens (including phenoxy) is 1. The van der Waals surface area contributed by atoms with Crippen molar-refractivity contribution in [3.63, 3.8) is 0 Å². The molecule has 0 atom stereocenters. The van der Waals surface area contributed by atoms with E-state index in [2.05, 4.69) is 5.32 Å². The number of hydrogen-bond acceptors (Lipinski definition) is 2. The first kappa shape index (κ1) is 13.3. The van der Waals surface area contributed by atoms with Gasteiger partial charge in [-0.2, -0.15) is 0 Å². The van der Waals surface area contributed by atoms with Crippen LogP contribution in [0.3, 0.4) is 0 Å². The van der Waals surface area contributed by atoms with Crippen molar-refractivity contribution in [2.24, 2.45) is 0 Å². The molecule has 0 fully saturated rings. The molecule has 3 heteroatoms. The maximum atomic E-state index is 5.78. The van der Waals surface area contributed by atoms with Gasteiger partial charge in [0.1, 0.15) is 5.75 Å². The second-order valence-electron chi connectivity index (χ2n) is 3.82. The summed E-state index contributed by atoms with van der Waals surface area (Å²) in [5, 5.41) is 3.90. The van der Waals surface area contributed by atoms with Gasteiger partial charge in [-0.15, -0.1) is 0 Å². The normalized spacial score (nSPS) is 10.4. The van der Waals surface area contributed by atoms with Crippen LogP contribution in [0.1, 0.15) is 25.7 Å². The molecule has 0 amide bonds. The molecule has 0 spiro atoms. The van der Waals surface area contributed by atoms with Crippen LogP contribution in [-0.2, 0) is 0 Å². The van der Waals surface area contributed by atoms with Gasteiger partial charge in [-0.25, -0.2) is 0 Å². The lowest BCUT2D eigenvalue weighted by Gasteiger charge is -2.05. The van der Waals surface area contributed by atoms with E-state index in [1.807, 2.05) is 31.3 Å². The molecule has 0 aliphatic rings. The first-order valence-corrected chi connectivity index (χ1v) is 6.23. The predicted molar refractivity (Wildman–Crippen MR) is 69.3 cm³/mol. The monoisotopic (exact) mass is 241 g/mol. The highest BCUT2D eigenvalue weighted by molar-refractivity contribution is 6.30. The maximum Gasteiger partial charge on any atom is 0.119 e. The molecular formula is C13H20ClNO. The summed E-state index contributed by atoms with van der Waals surface area (Å²) in [4.78, 5) is 0. The second kappa shape index (κ2) is 8.43. The fraction of sp³-hybridized carbons (Fsp3) is 0.538. The Morgan fingerprint density at radius 1 is 1.06 bits per heavy atom. The van der Waals surface area contributed by atoms with E-state index in [9.17, 15) is 0 Å². The third-order valence-corrected chi connectivity index (χ3v) is 2.66. The smallest absolute Gasteiger partial charge is 0.119 e. The Labute approximate surface area is 103 Å². The maximum absolute atomic E-state index is 5.78. The molecule has 1 aromatic carbocycles. The summed E-state index contributed by atoms with van der Waals surface area (Å²) in [6.45, 7) is 1.90. The highest BCUT2D eigenvalue weighted by Gasteiger charge is 1.94. The van der Waals surface area contributed by atoms with E-state index in [4.69, 9.17) is 16.3 Å². The van der Waals surface area contributed by atoms with E-state index >= 15 is 0 Å². The van der Waals surface area contributed by atoms with Crippen molar-refractivity contribution in [2.45, 2.75) is 25.7 Å². The zero-order valence-electron chi connectivity index (χ0n) is 9.84. The summed E-state index contributed by atoms with van der Waals surface area (Å²) in [6, 6.07) is 7.51. The van der Waals surface area contributed by atoms with Gasteiger partial charge in [0.05, 0.1) is 6.61 Å². The van der Waals surface area contributed by atoms with Gasteiger partial charge in [0, 0.05) is 5.02 Å². The minimum atomic E-state index is 0.749. The van der Waals surface area contributed by atoms with Gasteiger partial charge in [-0.3, -0.25) is 0 Å². The Kier molecular flexibility index (Phi) is 7.02. The molecule has 0 aromatic heterocycles. The Morgan fingerprint density at radius 2 is 1.75 bits per heavy atom. The molecular weight excluding hydrogens is 222 g/mol. The molecule has 0 saturated carbocycles. The van der Waals surface area contributed by atoms with Gasteiger partial charge in [0.2, 0.25) is 0 Å². The van der Waals surface area contributed by atoms with Crippen molar-refractivity contribution in [1.29, 1.82) is 0 Å². The largest absolute Gasteiger partial charge is 0.494 e. The van der Waals surface area contributed by atoms with E-state index in [1.165, 1.54) is 19.3 Å². The van der Waals surface area contributed by atoms with Gasteiger partial charge < -0.3 is 10.1 Å². The highest BCUT2D eigenvalue weighted by Crippen LogP contribution is 2.15. The Hall–Kier alpha value is -0.730. The van der Waals surface area contributed by atoms with Crippen LogP contribution in [-0.4, -0.2) is 20.2 Å². The Morgan fingerprint density at radius 3 is 2.44 bits per heavy atom. The summed E-state index contributed by atoms with van der Waals surface area (Å²) >= 11 is 5.78. The predicted octanol–water partition coefficient (Wildman–Crippen LogP) is 3.50. The van der Waals surface area contributed by atoms with E-state index in [0.29, 0.717) is 0 Å². The molecule has 0 heterocycles. The average molecular weight is 242 g/mol. The molecule has 2 nitrogen and oxygen atoms in total. The number of rotatable bonds is 8. The lowest BCUT2D eigenvalue weighted by Crippen LogP contribution is -2.07. The van der Waals surface area contributed by atoms with E-state index in [1.54, 1.807) is 0 Å². The highest BCUT2D eigenvalue weighted by atomic mass is 35.5. The first-order valence-electron chi connectivity index (χ1n) is 5.86. The van der Waals surface area contributed by atoms with Gasteiger partial charge >= 0.3 is 0 Å². The van der Waals surface area contributed by atoms with Crippen LogP contribution in [0, 0.1) is 0 Å². The zero-order valence-corrected chi connectivity index (χ0v) is 10.6. The van der Waals surface area contributed by atoms with Crippen molar-refractivity contribution in [1.82, 2.24) is 5.32 Å². The summed E-state index contributed by atoms with van der Waals surface area (Å²) in [5.74, 6) is 0.902. The molecule has 0 aliphatic heterocycles. The third-order valence-electron chi connectivity index (χ3n) is 2.40. The Balaban J connectivity index is 2.01. The van der Waals surface area contributed by atoms with Crippen LogP contribution >= 0.6 is 11.6 Å². The topological polar surface area (TPSA) is 21.3 Å². The number of benzene rings is 1. The van der Waals surface area contributed by atoms with Crippen molar-refractivity contribution in [2.75, 3.05) is 20.2 Å². The molecule has 0 bridgehead atoms.